The van der Waals surface area contributed by atoms with Crippen LogP contribution in [0, 0.1) is 22.7 Å². The van der Waals surface area contributed by atoms with Crippen molar-refractivity contribution in [3.8, 4) is 34.8 Å². The van der Waals surface area contributed by atoms with Gasteiger partial charge in [0.2, 0.25) is 0 Å². The molecular weight excluding hydrogens is 322 g/mol. The topological polar surface area (TPSA) is 86.2 Å². The minimum atomic E-state index is -1.03. The van der Waals surface area contributed by atoms with E-state index in [0.717, 1.165) is 5.56 Å². The minimum absolute atomic E-state index is 0.288. The first kappa shape index (κ1) is 15.6. The average Bonchev–Trinajstić information content (AvgIpc) is 2.64. The first-order valence-corrected chi connectivity index (χ1v) is 7.46. The summed E-state index contributed by atoms with van der Waals surface area (Å²) in [5, 5.41) is 27.5. The molecule has 0 atom stereocenters. The molecule has 0 bridgehead atoms. The third-order valence-electron chi connectivity index (χ3n) is 3.39. The van der Waals surface area contributed by atoms with Crippen molar-refractivity contribution >= 4 is 11.6 Å². The van der Waals surface area contributed by atoms with Crippen LogP contribution in [0.25, 0.3) is 22.6 Å². The zero-order chi connectivity index (χ0) is 16.9. The fourth-order valence-electron chi connectivity index (χ4n) is 2.21. The molecule has 0 unspecified atom stereocenters. The molecule has 0 amide bonds. The molecule has 2 aromatic carbocycles. The van der Waals surface area contributed by atoms with Crippen molar-refractivity contribution in [1.82, 2.24) is 15.2 Å². The van der Waals surface area contributed by atoms with Crippen molar-refractivity contribution in [2.24, 2.45) is 0 Å². The van der Waals surface area contributed by atoms with Crippen molar-refractivity contribution in [3.05, 3.63) is 65.3 Å². The Labute approximate surface area is 143 Å². The quantitative estimate of drug-likeness (QED) is 0.724. The zero-order valence-electron chi connectivity index (χ0n) is 12.4. The minimum Gasteiger partial charge on any atom is -0.227 e. The van der Waals surface area contributed by atoms with E-state index in [2.05, 4.69) is 15.2 Å². The van der Waals surface area contributed by atoms with E-state index in [-0.39, 0.29) is 5.69 Å². The van der Waals surface area contributed by atoms with E-state index < -0.39 is 5.92 Å². The SMILES string of the molecule is N#CC(C#N)c1nc(-c2ccccc2)nnc1-c1ccc(Cl)cc1. The highest BCUT2D eigenvalue weighted by Crippen LogP contribution is 2.28. The number of hydrogen-bond donors (Lipinski definition) is 0. The molecule has 1 heterocycles. The van der Waals surface area contributed by atoms with Crippen LogP contribution in [0.2, 0.25) is 5.02 Å². The van der Waals surface area contributed by atoms with Crippen LogP contribution in [-0.2, 0) is 0 Å². The standard InChI is InChI=1S/C18H10ClN5/c19-15-8-6-12(7-9-15)17-16(14(10-20)11-21)22-18(24-23-17)13-4-2-1-3-5-13/h1-9,14H. The molecule has 0 aliphatic heterocycles. The Kier molecular flexibility index (Phi) is 4.47. The molecule has 0 saturated heterocycles. The van der Waals surface area contributed by atoms with E-state index >= 15 is 0 Å². The van der Waals surface area contributed by atoms with Crippen LogP contribution in [0.15, 0.2) is 54.6 Å². The maximum atomic E-state index is 9.27. The number of nitriles is 2. The van der Waals surface area contributed by atoms with Crippen LogP contribution in [0.1, 0.15) is 11.6 Å². The van der Waals surface area contributed by atoms with Crippen LogP contribution in [0.3, 0.4) is 0 Å². The molecule has 0 fully saturated rings. The van der Waals surface area contributed by atoms with Crippen molar-refractivity contribution in [3.63, 3.8) is 0 Å². The lowest BCUT2D eigenvalue weighted by Gasteiger charge is -2.09. The summed E-state index contributed by atoms with van der Waals surface area (Å²) in [6, 6.07) is 20.1. The first-order chi connectivity index (χ1) is 11.7. The average molecular weight is 332 g/mol. The number of nitrogens with zero attached hydrogens (tertiary/aromatic N) is 5. The van der Waals surface area contributed by atoms with Crippen LogP contribution < -0.4 is 0 Å². The Morgan fingerprint density at radius 1 is 0.833 bits per heavy atom. The largest absolute Gasteiger partial charge is 0.227 e. The smallest absolute Gasteiger partial charge is 0.182 e. The molecule has 1 aromatic heterocycles. The lowest BCUT2D eigenvalue weighted by atomic mass is 10.0. The van der Waals surface area contributed by atoms with Gasteiger partial charge >= 0.3 is 0 Å². The predicted molar refractivity (Wildman–Crippen MR) is 89.7 cm³/mol. The van der Waals surface area contributed by atoms with Crippen molar-refractivity contribution in [2.75, 3.05) is 0 Å². The van der Waals surface area contributed by atoms with Gasteiger partial charge in [0.1, 0.15) is 11.4 Å². The van der Waals surface area contributed by atoms with Gasteiger partial charge in [0, 0.05) is 16.1 Å². The predicted octanol–water partition coefficient (Wildman–Crippen LogP) is 3.99. The van der Waals surface area contributed by atoms with Crippen LogP contribution in [0.4, 0.5) is 0 Å². The van der Waals surface area contributed by atoms with Crippen LogP contribution in [-0.4, -0.2) is 15.2 Å². The summed E-state index contributed by atoms with van der Waals surface area (Å²) < 4.78 is 0. The second-order valence-electron chi connectivity index (χ2n) is 4.93. The molecule has 3 rings (SSSR count). The molecule has 114 valence electrons. The van der Waals surface area contributed by atoms with Gasteiger partial charge in [-0.05, 0) is 12.1 Å². The van der Waals surface area contributed by atoms with E-state index in [1.165, 1.54) is 0 Å². The van der Waals surface area contributed by atoms with Gasteiger partial charge in [-0.1, -0.05) is 54.1 Å². The molecule has 3 aromatic rings. The van der Waals surface area contributed by atoms with Gasteiger partial charge in [-0.25, -0.2) is 4.98 Å². The van der Waals surface area contributed by atoms with E-state index in [4.69, 9.17) is 11.6 Å². The summed E-state index contributed by atoms with van der Waals surface area (Å²) in [6.07, 6.45) is 0. The Hall–Kier alpha value is -3.28. The maximum absolute atomic E-state index is 9.27. The van der Waals surface area contributed by atoms with Crippen molar-refractivity contribution in [1.29, 1.82) is 10.5 Å². The number of benzene rings is 2. The number of halogens is 1. The zero-order valence-corrected chi connectivity index (χ0v) is 13.1. The summed E-state index contributed by atoms with van der Waals surface area (Å²) >= 11 is 5.90. The van der Waals surface area contributed by atoms with Gasteiger partial charge in [-0.2, -0.15) is 10.5 Å². The Balaban J connectivity index is 2.18. The lowest BCUT2D eigenvalue weighted by Crippen LogP contribution is -2.06. The Bertz CT molecular complexity index is 926. The Morgan fingerprint density at radius 3 is 2.12 bits per heavy atom. The molecule has 0 spiro atoms. The van der Waals surface area contributed by atoms with Crippen molar-refractivity contribution in [2.45, 2.75) is 5.92 Å². The van der Waals surface area contributed by atoms with Crippen LogP contribution >= 0.6 is 11.6 Å². The molecule has 6 heteroatoms. The van der Waals surface area contributed by atoms with E-state index in [1.54, 1.807) is 24.3 Å². The van der Waals surface area contributed by atoms with E-state index in [9.17, 15) is 10.5 Å². The summed E-state index contributed by atoms with van der Waals surface area (Å²) in [5.41, 5.74) is 2.16. The molecule has 0 aliphatic carbocycles. The molecule has 0 saturated carbocycles. The van der Waals surface area contributed by atoms with Gasteiger partial charge in [-0.3, -0.25) is 0 Å². The fourth-order valence-corrected chi connectivity index (χ4v) is 2.34. The fraction of sp³-hybridized carbons (Fsp3) is 0.0556. The second-order valence-corrected chi connectivity index (χ2v) is 5.37. The van der Waals surface area contributed by atoms with Gasteiger partial charge in [0.05, 0.1) is 12.1 Å². The monoisotopic (exact) mass is 331 g/mol. The Morgan fingerprint density at radius 2 is 1.50 bits per heavy atom. The molecule has 0 aliphatic rings. The summed E-state index contributed by atoms with van der Waals surface area (Å²) in [7, 11) is 0. The maximum Gasteiger partial charge on any atom is 0.182 e. The van der Waals surface area contributed by atoms with Gasteiger partial charge in [0.25, 0.3) is 0 Å². The summed E-state index contributed by atoms with van der Waals surface area (Å²) in [5.74, 6) is -0.660. The van der Waals surface area contributed by atoms with Crippen LogP contribution in [0.5, 0.6) is 0 Å². The highest BCUT2D eigenvalue weighted by atomic mass is 35.5. The van der Waals surface area contributed by atoms with E-state index in [1.807, 2.05) is 42.5 Å². The third-order valence-corrected chi connectivity index (χ3v) is 3.65. The molecule has 5 nitrogen and oxygen atoms in total. The van der Waals surface area contributed by atoms with Crippen molar-refractivity contribution < 1.29 is 0 Å². The highest BCUT2D eigenvalue weighted by molar-refractivity contribution is 6.30. The molecule has 24 heavy (non-hydrogen) atoms. The lowest BCUT2D eigenvalue weighted by molar-refractivity contribution is 0.910. The molecule has 0 N–H and O–H groups in total. The summed E-state index contributed by atoms with van der Waals surface area (Å²) in [6.45, 7) is 0. The number of rotatable bonds is 3. The van der Waals surface area contributed by atoms with Gasteiger partial charge in [0.15, 0.2) is 11.7 Å². The van der Waals surface area contributed by atoms with Gasteiger partial charge < -0.3 is 0 Å². The van der Waals surface area contributed by atoms with E-state index in [0.29, 0.717) is 22.1 Å². The summed E-state index contributed by atoms with van der Waals surface area (Å²) in [4.78, 5) is 4.43. The number of aromatic nitrogens is 3. The normalized spacial score (nSPS) is 10.2. The first-order valence-electron chi connectivity index (χ1n) is 7.08. The highest BCUT2D eigenvalue weighted by Gasteiger charge is 2.21. The number of hydrogen-bond acceptors (Lipinski definition) is 5. The molecular formula is C18H10ClN5. The third kappa shape index (κ3) is 3.08. The van der Waals surface area contributed by atoms with Gasteiger partial charge in [-0.15, -0.1) is 10.2 Å². The molecule has 0 radical (unpaired) electrons. The second kappa shape index (κ2) is 6.87.